The van der Waals surface area contributed by atoms with Gasteiger partial charge in [-0.3, -0.25) is 9.89 Å². The maximum atomic E-state index is 5.43. The molecule has 1 aromatic heterocycles. The quantitative estimate of drug-likeness (QED) is 0.662. The molecule has 2 aliphatic carbocycles. The highest BCUT2D eigenvalue weighted by Crippen LogP contribution is 2.46. The van der Waals surface area contributed by atoms with Crippen LogP contribution >= 0.6 is 0 Å². The van der Waals surface area contributed by atoms with E-state index in [1.54, 1.807) is 0 Å². The first-order chi connectivity index (χ1) is 12.6. The van der Waals surface area contributed by atoms with Crippen LogP contribution in [0.25, 0.3) is 0 Å². The summed E-state index contributed by atoms with van der Waals surface area (Å²) in [6, 6.07) is 2.90. The molecule has 2 saturated carbocycles. The summed E-state index contributed by atoms with van der Waals surface area (Å²) in [5.41, 5.74) is 1.01. The molecule has 3 atom stereocenters. The molecule has 2 heterocycles. The van der Waals surface area contributed by atoms with Gasteiger partial charge in [-0.15, -0.1) is 0 Å². The summed E-state index contributed by atoms with van der Waals surface area (Å²) in [4.78, 5) is 9.61. The summed E-state index contributed by atoms with van der Waals surface area (Å²) in [6.07, 6.45) is 5.89. The fraction of sp³-hybridized carbons (Fsp3) is 0.800. The van der Waals surface area contributed by atoms with Gasteiger partial charge in [0.1, 0.15) is 0 Å². The fourth-order valence-electron chi connectivity index (χ4n) is 5.11. The largest absolute Gasteiger partial charge is 0.359 e. The van der Waals surface area contributed by atoms with Crippen molar-refractivity contribution in [1.29, 1.82) is 0 Å². The van der Waals surface area contributed by atoms with Crippen LogP contribution in [-0.2, 0) is 6.54 Å². The molecular formula is C20H33N5O. The third-order valence-electron chi connectivity index (χ3n) is 6.58. The number of nitrogens with zero attached hydrogens (tertiary/aromatic N) is 4. The Balaban J connectivity index is 1.27. The van der Waals surface area contributed by atoms with Gasteiger partial charge in [0.05, 0.1) is 12.2 Å². The maximum Gasteiger partial charge on any atom is 0.194 e. The summed E-state index contributed by atoms with van der Waals surface area (Å²) >= 11 is 0. The molecule has 2 bridgehead atoms. The summed E-state index contributed by atoms with van der Waals surface area (Å²) < 4.78 is 5.43. The van der Waals surface area contributed by atoms with Gasteiger partial charge in [0.15, 0.2) is 11.7 Å². The van der Waals surface area contributed by atoms with Crippen LogP contribution in [0.4, 0.5) is 0 Å². The highest BCUT2D eigenvalue weighted by molar-refractivity contribution is 5.79. The third-order valence-corrected chi connectivity index (χ3v) is 6.58. The Morgan fingerprint density at radius 2 is 2.08 bits per heavy atom. The maximum absolute atomic E-state index is 5.43. The van der Waals surface area contributed by atoms with Crippen molar-refractivity contribution in [3.05, 3.63) is 17.5 Å². The zero-order valence-corrected chi connectivity index (χ0v) is 16.4. The van der Waals surface area contributed by atoms with Crippen LogP contribution < -0.4 is 5.32 Å². The van der Waals surface area contributed by atoms with Gasteiger partial charge in [-0.05, 0) is 37.0 Å². The van der Waals surface area contributed by atoms with E-state index in [-0.39, 0.29) is 0 Å². The van der Waals surface area contributed by atoms with Crippen molar-refractivity contribution < 1.29 is 4.52 Å². The van der Waals surface area contributed by atoms with Gasteiger partial charge in [-0.1, -0.05) is 25.4 Å². The van der Waals surface area contributed by atoms with Gasteiger partial charge in [-0.25, -0.2) is 0 Å². The van der Waals surface area contributed by atoms with Crippen molar-refractivity contribution in [3.63, 3.8) is 0 Å². The lowest BCUT2D eigenvalue weighted by Gasteiger charge is -2.41. The second-order valence-electron chi connectivity index (χ2n) is 8.54. The molecule has 3 aliphatic rings. The number of hydrogen-bond donors (Lipinski definition) is 1. The van der Waals surface area contributed by atoms with Gasteiger partial charge in [0, 0.05) is 45.3 Å². The summed E-state index contributed by atoms with van der Waals surface area (Å²) in [7, 11) is 1.87. The molecule has 1 saturated heterocycles. The number of aromatic nitrogens is 1. The Hall–Kier alpha value is -1.56. The Morgan fingerprint density at radius 1 is 1.27 bits per heavy atom. The fourth-order valence-corrected chi connectivity index (χ4v) is 5.11. The van der Waals surface area contributed by atoms with Gasteiger partial charge in [0.25, 0.3) is 0 Å². The number of piperazine rings is 1. The molecular weight excluding hydrogens is 326 g/mol. The SMILES string of the molecule is CN=C(NCc1cc(C(C)C)no1)N1CCN(C2CC3CCC2C3)CC1. The van der Waals surface area contributed by atoms with Crippen molar-refractivity contribution in [3.8, 4) is 0 Å². The topological polar surface area (TPSA) is 56.9 Å². The first kappa shape index (κ1) is 17.8. The van der Waals surface area contributed by atoms with E-state index in [4.69, 9.17) is 4.52 Å². The minimum Gasteiger partial charge on any atom is -0.359 e. The Morgan fingerprint density at radius 3 is 2.65 bits per heavy atom. The van der Waals surface area contributed by atoms with Crippen LogP contribution in [0, 0.1) is 11.8 Å². The standard InChI is InChI=1S/C20H33N5O/c1-14(2)18-12-17(26-23-18)13-22-20(21-3)25-8-6-24(7-9-25)19-11-15-4-5-16(19)10-15/h12,14-16,19H,4-11,13H2,1-3H3,(H,21,22). The minimum absolute atomic E-state index is 0.394. The normalized spacial score (nSPS) is 29.8. The molecule has 4 rings (SSSR count). The summed E-state index contributed by atoms with van der Waals surface area (Å²) in [6.45, 7) is 9.33. The first-order valence-electron chi connectivity index (χ1n) is 10.3. The zero-order chi connectivity index (χ0) is 18.1. The molecule has 0 radical (unpaired) electrons. The molecule has 3 fully saturated rings. The molecule has 0 aromatic carbocycles. The average molecular weight is 360 g/mol. The van der Waals surface area contributed by atoms with Gasteiger partial charge >= 0.3 is 0 Å². The number of guanidine groups is 1. The predicted octanol–water partition coefficient (Wildman–Crippen LogP) is 2.68. The molecule has 0 amide bonds. The van der Waals surface area contributed by atoms with Crippen molar-refractivity contribution in [1.82, 2.24) is 20.3 Å². The van der Waals surface area contributed by atoms with Gasteiger partial charge in [0.2, 0.25) is 0 Å². The van der Waals surface area contributed by atoms with E-state index in [0.29, 0.717) is 12.5 Å². The molecule has 1 aromatic rings. The lowest BCUT2D eigenvalue weighted by atomic mass is 9.93. The molecule has 144 valence electrons. The Kier molecular flexibility index (Phi) is 5.20. The molecule has 1 N–H and O–H groups in total. The second-order valence-corrected chi connectivity index (χ2v) is 8.54. The van der Waals surface area contributed by atoms with Crippen molar-refractivity contribution >= 4 is 5.96 Å². The molecule has 6 nitrogen and oxygen atoms in total. The predicted molar refractivity (Wildman–Crippen MR) is 103 cm³/mol. The molecule has 3 unspecified atom stereocenters. The van der Waals surface area contributed by atoms with Gasteiger partial charge in [-0.2, -0.15) is 0 Å². The average Bonchev–Trinajstić information content (AvgIpc) is 3.39. The molecule has 6 heteroatoms. The van der Waals surface area contributed by atoms with Crippen LogP contribution in [-0.4, -0.2) is 60.2 Å². The minimum atomic E-state index is 0.394. The first-order valence-corrected chi connectivity index (χ1v) is 10.3. The van der Waals surface area contributed by atoms with E-state index in [9.17, 15) is 0 Å². The van der Waals surface area contributed by atoms with Crippen LogP contribution in [0.1, 0.15) is 56.9 Å². The highest BCUT2D eigenvalue weighted by atomic mass is 16.5. The van der Waals surface area contributed by atoms with E-state index in [1.165, 1.54) is 25.7 Å². The van der Waals surface area contributed by atoms with E-state index in [0.717, 1.165) is 61.5 Å². The summed E-state index contributed by atoms with van der Waals surface area (Å²) in [5.74, 6) is 4.24. The van der Waals surface area contributed by atoms with Gasteiger partial charge < -0.3 is 14.7 Å². The smallest absolute Gasteiger partial charge is 0.194 e. The highest BCUT2D eigenvalue weighted by Gasteiger charge is 2.42. The van der Waals surface area contributed by atoms with E-state index in [1.807, 2.05) is 13.1 Å². The van der Waals surface area contributed by atoms with Crippen LogP contribution in [0.15, 0.2) is 15.6 Å². The van der Waals surface area contributed by atoms with E-state index < -0.39 is 0 Å². The van der Waals surface area contributed by atoms with E-state index >= 15 is 0 Å². The summed E-state index contributed by atoms with van der Waals surface area (Å²) in [5, 5.41) is 7.57. The van der Waals surface area contributed by atoms with Crippen molar-refractivity contribution in [2.75, 3.05) is 33.2 Å². The number of nitrogens with one attached hydrogen (secondary N) is 1. The Labute approximate surface area is 157 Å². The lowest BCUT2D eigenvalue weighted by molar-refractivity contribution is 0.0957. The molecule has 1 aliphatic heterocycles. The zero-order valence-electron chi connectivity index (χ0n) is 16.4. The van der Waals surface area contributed by atoms with Crippen LogP contribution in [0.5, 0.6) is 0 Å². The monoisotopic (exact) mass is 359 g/mol. The number of fused-ring (bicyclic) bond motifs is 2. The number of hydrogen-bond acceptors (Lipinski definition) is 4. The molecule has 0 spiro atoms. The lowest BCUT2D eigenvalue weighted by Crippen LogP contribution is -2.55. The third kappa shape index (κ3) is 3.61. The number of aliphatic imine (C=N–C) groups is 1. The Bertz CT molecular complexity index is 632. The van der Waals surface area contributed by atoms with E-state index in [2.05, 4.69) is 39.1 Å². The number of rotatable bonds is 4. The van der Waals surface area contributed by atoms with Crippen LogP contribution in [0.3, 0.4) is 0 Å². The van der Waals surface area contributed by atoms with Crippen LogP contribution in [0.2, 0.25) is 0 Å². The second kappa shape index (κ2) is 7.59. The van der Waals surface area contributed by atoms with Crippen molar-refractivity contribution in [2.24, 2.45) is 16.8 Å². The van der Waals surface area contributed by atoms with Crippen molar-refractivity contribution in [2.45, 2.75) is 58.0 Å². The molecule has 26 heavy (non-hydrogen) atoms.